The second-order valence-corrected chi connectivity index (χ2v) is 1.79. The highest BCUT2D eigenvalue weighted by atomic mass is 19.1. The molecule has 0 fully saturated rings. The molecule has 3 heteroatoms. The standard InChI is InChI=1S/C6H8FNO/c1-2-5(7)6-3-9-4-8-6/h3-5H,2H2,1H3. The van der Waals surface area contributed by atoms with Crippen LogP contribution >= 0.6 is 0 Å². The van der Waals surface area contributed by atoms with Crippen molar-refractivity contribution in [3.8, 4) is 0 Å². The Morgan fingerprint density at radius 3 is 3.11 bits per heavy atom. The van der Waals surface area contributed by atoms with E-state index in [0.29, 0.717) is 12.1 Å². The minimum Gasteiger partial charge on any atom is -0.451 e. The number of oxazole rings is 1. The van der Waals surface area contributed by atoms with Gasteiger partial charge in [-0.25, -0.2) is 9.37 Å². The van der Waals surface area contributed by atoms with Crippen LogP contribution in [0.5, 0.6) is 0 Å². The number of rotatable bonds is 2. The smallest absolute Gasteiger partial charge is 0.180 e. The van der Waals surface area contributed by atoms with Crippen LogP contribution < -0.4 is 0 Å². The average Bonchev–Trinajstić information content (AvgIpc) is 2.37. The number of nitrogens with zero attached hydrogens (tertiary/aromatic N) is 1. The highest BCUT2D eigenvalue weighted by molar-refractivity contribution is 4.95. The lowest BCUT2D eigenvalue weighted by atomic mass is 10.2. The fourth-order valence-corrected chi connectivity index (χ4v) is 0.586. The largest absolute Gasteiger partial charge is 0.451 e. The maximum absolute atomic E-state index is 12.6. The van der Waals surface area contributed by atoms with E-state index < -0.39 is 6.17 Å². The fourth-order valence-electron chi connectivity index (χ4n) is 0.586. The number of alkyl halides is 1. The Morgan fingerprint density at radius 1 is 1.89 bits per heavy atom. The first-order chi connectivity index (χ1) is 4.34. The van der Waals surface area contributed by atoms with Crippen LogP contribution in [0.4, 0.5) is 4.39 Å². The molecule has 0 saturated carbocycles. The number of aromatic nitrogens is 1. The molecule has 0 saturated heterocycles. The normalized spacial score (nSPS) is 13.6. The average molecular weight is 129 g/mol. The van der Waals surface area contributed by atoms with Crippen LogP contribution in [0.15, 0.2) is 17.1 Å². The Balaban J connectivity index is 2.65. The molecular weight excluding hydrogens is 121 g/mol. The lowest BCUT2D eigenvalue weighted by Crippen LogP contribution is -1.87. The zero-order valence-corrected chi connectivity index (χ0v) is 5.17. The van der Waals surface area contributed by atoms with Gasteiger partial charge in [0.25, 0.3) is 0 Å². The molecule has 9 heavy (non-hydrogen) atoms. The number of hydrogen-bond acceptors (Lipinski definition) is 2. The van der Waals surface area contributed by atoms with Gasteiger partial charge in [0, 0.05) is 0 Å². The van der Waals surface area contributed by atoms with Crippen molar-refractivity contribution in [1.29, 1.82) is 0 Å². The molecule has 1 unspecified atom stereocenters. The molecule has 0 bridgehead atoms. The van der Waals surface area contributed by atoms with E-state index in [4.69, 9.17) is 0 Å². The Kier molecular flexibility index (Phi) is 1.82. The van der Waals surface area contributed by atoms with Gasteiger partial charge in [0.15, 0.2) is 6.39 Å². The van der Waals surface area contributed by atoms with Crippen molar-refractivity contribution in [3.05, 3.63) is 18.4 Å². The molecule has 50 valence electrons. The molecule has 0 aliphatic carbocycles. The van der Waals surface area contributed by atoms with Crippen molar-refractivity contribution >= 4 is 0 Å². The predicted molar refractivity (Wildman–Crippen MR) is 30.6 cm³/mol. The van der Waals surface area contributed by atoms with Gasteiger partial charge in [-0.15, -0.1) is 0 Å². The molecule has 0 amide bonds. The van der Waals surface area contributed by atoms with E-state index >= 15 is 0 Å². The van der Waals surface area contributed by atoms with Crippen LogP contribution in [0.2, 0.25) is 0 Å². The Morgan fingerprint density at radius 2 is 2.67 bits per heavy atom. The summed E-state index contributed by atoms with van der Waals surface area (Å²) in [7, 11) is 0. The maximum Gasteiger partial charge on any atom is 0.180 e. The van der Waals surface area contributed by atoms with Gasteiger partial charge in [-0.3, -0.25) is 0 Å². The van der Waals surface area contributed by atoms with Crippen LogP contribution in [0.25, 0.3) is 0 Å². The summed E-state index contributed by atoms with van der Waals surface area (Å²) in [5, 5.41) is 0. The quantitative estimate of drug-likeness (QED) is 0.611. The molecule has 2 nitrogen and oxygen atoms in total. The van der Waals surface area contributed by atoms with Gasteiger partial charge in [0.1, 0.15) is 18.1 Å². The predicted octanol–water partition coefficient (Wildman–Crippen LogP) is 2.10. The van der Waals surface area contributed by atoms with E-state index in [1.165, 1.54) is 12.7 Å². The van der Waals surface area contributed by atoms with E-state index in [9.17, 15) is 4.39 Å². The minimum absolute atomic E-state index is 0.387. The van der Waals surface area contributed by atoms with Gasteiger partial charge in [0.2, 0.25) is 0 Å². The SMILES string of the molecule is CCC(F)c1cocn1. The van der Waals surface area contributed by atoms with Crippen molar-refractivity contribution < 1.29 is 8.81 Å². The Labute approximate surface area is 52.7 Å². The van der Waals surface area contributed by atoms with Crippen LogP contribution in [0.1, 0.15) is 25.2 Å². The van der Waals surface area contributed by atoms with E-state index in [1.54, 1.807) is 6.92 Å². The van der Waals surface area contributed by atoms with E-state index in [0.717, 1.165) is 0 Å². The highest BCUT2D eigenvalue weighted by Gasteiger charge is 2.08. The second kappa shape index (κ2) is 2.62. The molecule has 1 aromatic rings. The third-order valence-corrected chi connectivity index (χ3v) is 1.13. The van der Waals surface area contributed by atoms with Crippen molar-refractivity contribution in [2.75, 3.05) is 0 Å². The van der Waals surface area contributed by atoms with E-state index in [-0.39, 0.29) is 0 Å². The maximum atomic E-state index is 12.6. The first-order valence-electron chi connectivity index (χ1n) is 2.86. The van der Waals surface area contributed by atoms with Crippen LogP contribution in [0.3, 0.4) is 0 Å². The summed E-state index contributed by atoms with van der Waals surface area (Å²) in [5.41, 5.74) is 0.387. The number of hydrogen-bond donors (Lipinski definition) is 0. The molecular formula is C6H8FNO. The topological polar surface area (TPSA) is 26.0 Å². The zero-order chi connectivity index (χ0) is 6.69. The number of halogens is 1. The lowest BCUT2D eigenvalue weighted by molar-refractivity contribution is 0.326. The molecule has 1 rings (SSSR count). The van der Waals surface area contributed by atoms with Crippen molar-refractivity contribution in [1.82, 2.24) is 4.98 Å². The molecule has 0 N–H and O–H groups in total. The van der Waals surface area contributed by atoms with E-state index in [2.05, 4.69) is 9.40 Å². The molecule has 0 aromatic carbocycles. The van der Waals surface area contributed by atoms with Gasteiger partial charge in [-0.2, -0.15) is 0 Å². The van der Waals surface area contributed by atoms with Gasteiger partial charge in [-0.05, 0) is 6.42 Å². The third kappa shape index (κ3) is 1.28. The molecule has 1 heterocycles. The molecule has 0 radical (unpaired) electrons. The Bertz CT molecular complexity index is 162. The summed E-state index contributed by atoms with van der Waals surface area (Å²) in [6.45, 7) is 1.76. The fraction of sp³-hybridized carbons (Fsp3) is 0.500. The second-order valence-electron chi connectivity index (χ2n) is 1.79. The zero-order valence-electron chi connectivity index (χ0n) is 5.17. The molecule has 0 aliphatic heterocycles. The summed E-state index contributed by atoms with van der Waals surface area (Å²) < 4.78 is 17.2. The highest BCUT2D eigenvalue weighted by Crippen LogP contribution is 2.17. The van der Waals surface area contributed by atoms with Crippen molar-refractivity contribution in [2.45, 2.75) is 19.5 Å². The van der Waals surface area contributed by atoms with Gasteiger partial charge in [0.05, 0.1) is 0 Å². The van der Waals surface area contributed by atoms with Crippen LogP contribution in [-0.2, 0) is 0 Å². The molecule has 0 spiro atoms. The molecule has 1 aromatic heterocycles. The summed E-state index contributed by atoms with van der Waals surface area (Å²) in [4.78, 5) is 3.65. The van der Waals surface area contributed by atoms with Crippen molar-refractivity contribution in [3.63, 3.8) is 0 Å². The first-order valence-corrected chi connectivity index (χ1v) is 2.86. The van der Waals surface area contributed by atoms with Gasteiger partial charge < -0.3 is 4.42 Å². The van der Waals surface area contributed by atoms with E-state index in [1.807, 2.05) is 0 Å². The first kappa shape index (κ1) is 6.26. The monoisotopic (exact) mass is 129 g/mol. The van der Waals surface area contributed by atoms with Gasteiger partial charge in [-0.1, -0.05) is 6.92 Å². The van der Waals surface area contributed by atoms with Crippen LogP contribution in [0, 0.1) is 0 Å². The van der Waals surface area contributed by atoms with Crippen molar-refractivity contribution in [2.24, 2.45) is 0 Å². The molecule has 0 aliphatic rings. The van der Waals surface area contributed by atoms with Crippen LogP contribution in [-0.4, -0.2) is 4.98 Å². The summed E-state index contributed by atoms with van der Waals surface area (Å²) in [6.07, 6.45) is 2.04. The van der Waals surface area contributed by atoms with Gasteiger partial charge >= 0.3 is 0 Å². The summed E-state index contributed by atoms with van der Waals surface area (Å²) in [6, 6.07) is 0. The third-order valence-electron chi connectivity index (χ3n) is 1.13. The summed E-state index contributed by atoms with van der Waals surface area (Å²) >= 11 is 0. The molecule has 1 atom stereocenters. The lowest BCUT2D eigenvalue weighted by Gasteiger charge is -1.95. The Hall–Kier alpha value is -0.860. The minimum atomic E-state index is -0.969. The summed E-state index contributed by atoms with van der Waals surface area (Å²) in [5.74, 6) is 0.